The summed E-state index contributed by atoms with van der Waals surface area (Å²) < 4.78 is 4.20. The molecule has 2 heterocycles. The van der Waals surface area contributed by atoms with Gasteiger partial charge in [0.05, 0.1) is 30.0 Å². The highest BCUT2D eigenvalue weighted by molar-refractivity contribution is 9.11. The number of nitrogens with zero attached hydrogens (tertiary/aromatic N) is 3. The summed E-state index contributed by atoms with van der Waals surface area (Å²) in [5.74, 6) is 0. The number of rotatable bonds is 2. The summed E-state index contributed by atoms with van der Waals surface area (Å²) in [5, 5.41) is 13.5. The van der Waals surface area contributed by atoms with Crippen LogP contribution in [-0.4, -0.2) is 20.0 Å². The van der Waals surface area contributed by atoms with Crippen LogP contribution in [0.5, 0.6) is 0 Å². The summed E-state index contributed by atoms with van der Waals surface area (Å²) in [5.41, 5.74) is 3.48. The highest BCUT2D eigenvalue weighted by Gasteiger charge is 2.05. The van der Waals surface area contributed by atoms with Gasteiger partial charge >= 0.3 is 0 Å². The standard InChI is InChI=1S/C14H11BrN2.C7H5BrN2/c15-13-7-4-8-14-12(13)9-16-17(14)10-11-5-2-1-3-6-11;8-6-2-1-3-7-5(6)4-9-10-7/h1-9H,10H2;1-4H,(H,9,10). The zero-order valence-corrected chi connectivity index (χ0v) is 17.5. The average molecular weight is 484 g/mol. The van der Waals surface area contributed by atoms with Crippen LogP contribution in [0.1, 0.15) is 5.56 Å². The van der Waals surface area contributed by atoms with Gasteiger partial charge in [-0.25, -0.2) is 0 Å². The lowest BCUT2D eigenvalue weighted by Gasteiger charge is -2.03. The van der Waals surface area contributed by atoms with Gasteiger partial charge in [-0.1, -0.05) is 74.3 Å². The van der Waals surface area contributed by atoms with E-state index in [4.69, 9.17) is 0 Å². The Hall–Kier alpha value is -2.44. The van der Waals surface area contributed by atoms with E-state index in [9.17, 15) is 0 Å². The van der Waals surface area contributed by atoms with Crippen LogP contribution >= 0.6 is 31.9 Å². The third-order valence-electron chi connectivity index (χ3n) is 4.24. The lowest BCUT2D eigenvalue weighted by molar-refractivity contribution is 0.712. The van der Waals surface area contributed by atoms with Gasteiger partial charge in [0.25, 0.3) is 0 Å². The number of hydrogen-bond acceptors (Lipinski definition) is 2. The highest BCUT2D eigenvalue weighted by atomic mass is 79.9. The molecule has 5 rings (SSSR count). The molecule has 0 saturated heterocycles. The number of benzene rings is 3. The van der Waals surface area contributed by atoms with Crippen molar-refractivity contribution in [3.8, 4) is 0 Å². The smallest absolute Gasteiger partial charge is 0.0697 e. The van der Waals surface area contributed by atoms with Crippen molar-refractivity contribution in [1.82, 2.24) is 20.0 Å². The first kappa shape index (κ1) is 17.9. The Morgan fingerprint density at radius 3 is 2.30 bits per heavy atom. The molecule has 0 spiro atoms. The van der Waals surface area contributed by atoms with E-state index in [1.165, 1.54) is 5.56 Å². The summed E-state index contributed by atoms with van der Waals surface area (Å²) in [7, 11) is 0. The number of H-pyrrole nitrogens is 1. The van der Waals surface area contributed by atoms with Crippen LogP contribution in [-0.2, 0) is 6.54 Å². The van der Waals surface area contributed by atoms with Gasteiger partial charge in [0.2, 0.25) is 0 Å². The third kappa shape index (κ3) is 3.96. The van der Waals surface area contributed by atoms with Crippen molar-refractivity contribution in [2.75, 3.05) is 0 Å². The molecule has 0 unspecified atom stereocenters. The summed E-state index contributed by atoms with van der Waals surface area (Å²) in [4.78, 5) is 0. The largest absolute Gasteiger partial charge is 0.278 e. The quantitative estimate of drug-likeness (QED) is 0.326. The lowest BCUT2D eigenvalue weighted by atomic mass is 10.2. The predicted octanol–water partition coefficient (Wildman–Crippen LogP) is 6.17. The Balaban J connectivity index is 0.000000153. The maximum atomic E-state index is 4.44. The summed E-state index contributed by atoms with van der Waals surface area (Å²) in [6, 6.07) is 22.5. The highest BCUT2D eigenvalue weighted by Crippen LogP contribution is 2.23. The number of fused-ring (bicyclic) bond motifs is 2. The molecule has 1 N–H and O–H groups in total. The zero-order valence-electron chi connectivity index (χ0n) is 14.3. The van der Waals surface area contributed by atoms with Crippen molar-refractivity contribution in [2.24, 2.45) is 0 Å². The molecule has 6 heteroatoms. The minimum Gasteiger partial charge on any atom is -0.278 e. The van der Waals surface area contributed by atoms with E-state index in [0.717, 1.165) is 37.3 Å². The average Bonchev–Trinajstić information content (AvgIpc) is 3.32. The van der Waals surface area contributed by atoms with Crippen LogP contribution in [0.25, 0.3) is 21.8 Å². The molecule has 0 fully saturated rings. The van der Waals surface area contributed by atoms with E-state index in [-0.39, 0.29) is 0 Å². The minimum absolute atomic E-state index is 0.806. The third-order valence-corrected chi connectivity index (χ3v) is 5.62. The summed E-state index contributed by atoms with van der Waals surface area (Å²) in [6.07, 6.45) is 3.71. The van der Waals surface area contributed by atoms with Crippen LogP contribution in [0.2, 0.25) is 0 Å². The van der Waals surface area contributed by atoms with Crippen LogP contribution in [0.4, 0.5) is 0 Å². The zero-order chi connectivity index (χ0) is 18.6. The Morgan fingerprint density at radius 2 is 1.52 bits per heavy atom. The van der Waals surface area contributed by atoms with Crippen molar-refractivity contribution >= 4 is 53.7 Å². The number of nitrogens with one attached hydrogen (secondary N) is 1. The normalized spacial score (nSPS) is 10.7. The molecule has 134 valence electrons. The van der Waals surface area contributed by atoms with E-state index < -0.39 is 0 Å². The number of hydrogen-bond donors (Lipinski definition) is 1. The lowest BCUT2D eigenvalue weighted by Crippen LogP contribution is -2.00. The van der Waals surface area contributed by atoms with E-state index in [1.54, 1.807) is 6.20 Å². The molecule has 0 saturated carbocycles. The van der Waals surface area contributed by atoms with E-state index in [2.05, 4.69) is 77.5 Å². The van der Waals surface area contributed by atoms with Crippen molar-refractivity contribution < 1.29 is 0 Å². The second-order valence-corrected chi connectivity index (χ2v) is 7.74. The van der Waals surface area contributed by atoms with Gasteiger partial charge in [0.15, 0.2) is 0 Å². The molecule has 27 heavy (non-hydrogen) atoms. The molecule has 0 aliphatic rings. The molecular weight excluding hydrogens is 468 g/mol. The fraction of sp³-hybridized carbons (Fsp3) is 0.0476. The first-order valence-electron chi connectivity index (χ1n) is 8.44. The minimum atomic E-state index is 0.806. The molecule has 0 atom stereocenters. The topological polar surface area (TPSA) is 46.5 Å². The van der Waals surface area contributed by atoms with Crippen molar-refractivity contribution in [3.63, 3.8) is 0 Å². The maximum Gasteiger partial charge on any atom is 0.0697 e. The first-order chi connectivity index (χ1) is 13.2. The predicted molar refractivity (Wildman–Crippen MR) is 117 cm³/mol. The monoisotopic (exact) mass is 482 g/mol. The second-order valence-electron chi connectivity index (χ2n) is 6.03. The molecule has 0 bridgehead atoms. The molecular formula is C21H16Br2N4. The Labute approximate surface area is 173 Å². The molecule has 0 radical (unpaired) electrons. The van der Waals surface area contributed by atoms with Crippen LogP contribution in [0.15, 0.2) is 88.1 Å². The summed E-state index contributed by atoms with van der Waals surface area (Å²) in [6.45, 7) is 0.806. The van der Waals surface area contributed by atoms with Crippen molar-refractivity contribution in [1.29, 1.82) is 0 Å². The Bertz CT molecular complexity index is 1180. The fourth-order valence-corrected chi connectivity index (χ4v) is 3.81. The van der Waals surface area contributed by atoms with E-state index in [0.29, 0.717) is 0 Å². The fourth-order valence-electron chi connectivity index (χ4n) is 2.88. The number of aromatic nitrogens is 4. The molecule has 2 aromatic heterocycles. The Morgan fingerprint density at radius 1 is 0.778 bits per heavy atom. The number of halogens is 2. The van der Waals surface area contributed by atoms with Crippen LogP contribution in [0, 0.1) is 0 Å². The van der Waals surface area contributed by atoms with Crippen molar-refractivity contribution in [2.45, 2.75) is 6.54 Å². The van der Waals surface area contributed by atoms with E-state index >= 15 is 0 Å². The van der Waals surface area contributed by atoms with Gasteiger partial charge in [-0.15, -0.1) is 0 Å². The van der Waals surface area contributed by atoms with Gasteiger partial charge in [-0.3, -0.25) is 9.78 Å². The van der Waals surface area contributed by atoms with Gasteiger partial charge in [-0.2, -0.15) is 10.2 Å². The first-order valence-corrected chi connectivity index (χ1v) is 10.0. The summed E-state index contributed by atoms with van der Waals surface area (Å²) >= 11 is 6.96. The van der Waals surface area contributed by atoms with Gasteiger partial charge in [0.1, 0.15) is 0 Å². The molecule has 5 aromatic rings. The van der Waals surface area contributed by atoms with Crippen molar-refractivity contribution in [3.05, 3.63) is 93.6 Å². The van der Waals surface area contributed by atoms with Crippen LogP contribution < -0.4 is 0 Å². The molecule has 0 aliphatic carbocycles. The van der Waals surface area contributed by atoms with Crippen LogP contribution in [0.3, 0.4) is 0 Å². The molecule has 3 aromatic carbocycles. The SMILES string of the molecule is Brc1cccc2[nH]ncc12.Brc1cccc2c1cnn2Cc1ccccc1. The molecule has 4 nitrogen and oxygen atoms in total. The van der Waals surface area contributed by atoms with Gasteiger partial charge < -0.3 is 0 Å². The van der Waals surface area contributed by atoms with Gasteiger partial charge in [0, 0.05) is 19.7 Å². The van der Waals surface area contributed by atoms with E-state index in [1.807, 2.05) is 47.3 Å². The Kier molecular flexibility index (Phi) is 5.36. The maximum absolute atomic E-state index is 4.44. The molecule has 0 amide bonds. The number of aromatic amines is 1. The van der Waals surface area contributed by atoms with Gasteiger partial charge in [-0.05, 0) is 29.8 Å². The second kappa shape index (κ2) is 8.06. The molecule has 0 aliphatic heterocycles.